The van der Waals surface area contributed by atoms with E-state index in [4.69, 9.17) is 0 Å². The summed E-state index contributed by atoms with van der Waals surface area (Å²) in [5, 5.41) is 14.2. The molecule has 1 saturated carbocycles. The van der Waals surface area contributed by atoms with Crippen LogP contribution in [-0.4, -0.2) is 48.4 Å². The van der Waals surface area contributed by atoms with Crippen LogP contribution in [-0.2, 0) is 9.84 Å². The Kier molecular flexibility index (Phi) is 4.63. The van der Waals surface area contributed by atoms with Gasteiger partial charge in [0.25, 0.3) is 15.5 Å². The van der Waals surface area contributed by atoms with E-state index >= 15 is 0 Å². The molecule has 11 heteroatoms. The van der Waals surface area contributed by atoms with Gasteiger partial charge in [0.2, 0.25) is 0 Å². The van der Waals surface area contributed by atoms with E-state index in [9.17, 15) is 31.7 Å². The van der Waals surface area contributed by atoms with Crippen LogP contribution in [0.15, 0.2) is 23.1 Å². The van der Waals surface area contributed by atoms with Gasteiger partial charge in [0, 0.05) is 30.7 Å². The Balaban J connectivity index is 1.85. The Morgan fingerprint density at radius 2 is 1.96 bits per heavy atom. The van der Waals surface area contributed by atoms with Crippen LogP contribution in [0.2, 0.25) is 0 Å². The second-order valence-electron chi connectivity index (χ2n) is 6.74. The van der Waals surface area contributed by atoms with Crippen molar-refractivity contribution in [3.63, 3.8) is 0 Å². The third kappa shape index (κ3) is 3.50. The highest BCUT2D eigenvalue weighted by atomic mass is 32.2. The maximum atomic E-state index is 12.7. The SMILES string of the molecule is CC1CC(Nc2ccc(S(=O)(=O)C(F)(F)F)cc2[N+](=O)[O-])CN1C1CC1. The second-order valence-corrected chi connectivity index (χ2v) is 8.68. The monoisotopic (exact) mass is 393 g/mol. The number of benzene rings is 1. The van der Waals surface area contributed by atoms with Gasteiger partial charge in [-0.2, -0.15) is 13.2 Å². The van der Waals surface area contributed by atoms with Gasteiger partial charge < -0.3 is 5.32 Å². The molecule has 1 saturated heterocycles. The number of likely N-dealkylation sites (tertiary alicyclic amines) is 1. The largest absolute Gasteiger partial charge is 0.501 e. The van der Waals surface area contributed by atoms with Crippen molar-refractivity contribution < 1.29 is 26.5 Å². The lowest BCUT2D eigenvalue weighted by molar-refractivity contribution is -0.384. The number of hydrogen-bond acceptors (Lipinski definition) is 6. The van der Waals surface area contributed by atoms with Crippen molar-refractivity contribution in [1.29, 1.82) is 0 Å². The molecule has 0 radical (unpaired) electrons. The van der Waals surface area contributed by atoms with Crippen molar-refractivity contribution >= 4 is 21.2 Å². The second kappa shape index (κ2) is 6.38. The Bertz CT molecular complexity index is 824. The molecule has 2 unspecified atom stereocenters. The summed E-state index contributed by atoms with van der Waals surface area (Å²) in [4.78, 5) is 11.5. The number of nitro benzene ring substituents is 1. The highest BCUT2D eigenvalue weighted by Gasteiger charge is 2.47. The van der Waals surface area contributed by atoms with E-state index in [0.717, 1.165) is 31.4 Å². The number of rotatable bonds is 5. The maximum absolute atomic E-state index is 12.7. The molecular formula is C15H18F3N3O4S. The molecule has 0 amide bonds. The van der Waals surface area contributed by atoms with Gasteiger partial charge >= 0.3 is 5.51 Å². The zero-order chi connectivity index (χ0) is 19.3. The number of nitro groups is 1. The molecule has 1 aromatic carbocycles. The first kappa shape index (κ1) is 18.9. The molecule has 0 bridgehead atoms. The first-order valence-corrected chi connectivity index (χ1v) is 9.61. The first-order chi connectivity index (χ1) is 12.0. The summed E-state index contributed by atoms with van der Waals surface area (Å²) >= 11 is 0. The van der Waals surface area contributed by atoms with Crippen LogP contribution in [0.1, 0.15) is 26.2 Å². The van der Waals surface area contributed by atoms with Crippen LogP contribution in [0.5, 0.6) is 0 Å². The molecule has 2 atom stereocenters. The number of nitrogens with zero attached hydrogens (tertiary/aromatic N) is 2. The van der Waals surface area contributed by atoms with Gasteiger partial charge in [0.1, 0.15) is 5.69 Å². The summed E-state index contributed by atoms with van der Waals surface area (Å²) in [6.45, 7) is 2.75. The fraction of sp³-hybridized carbons (Fsp3) is 0.600. The number of alkyl halides is 3. The molecule has 1 aliphatic carbocycles. The Morgan fingerprint density at radius 3 is 2.50 bits per heavy atom. The third-order valence-electron chi connectivity index (χ3n) is 4.78. The number of halogens is 3. The van der Waals surface area contributed by atoms with Crippen molar-refractivity contribution in [3.8, 4) is 0 Å². The zero-order valence-electron chi connectivity index (χ0n) is 13.9. The van der Waals surface area contributed by atoms with Gasteiger partial charge in [-0.1, -0.05) is 0 Å². The van der Waals surface area contributed by atoms with Gasteiger partial charge in [-0.3, -0.25) is 15.0 Å². The van der Waals surface area contributed by atoms with Gasteiger partial charge in [-0.05, 0) is 38.3 Å². The lowest BCUT2D eigenvalue weighted by atomic mass is 10.1. The molecule has 2 fully saturated rings. The molecule has 0 spiro atoms. The Morgan fingerprint density at radius 1 is 1.31 bits per heavy atom. The summed E-state index contributed by atoms with van der Waals surface area (Å²) in [7, 11) is -5.64. The van der Waals surface area contributed by atoms with E-state index in [2.05, 4.69) is 17.1 Å². The fourth-order valence-corrected chi connectivity index (χ4v) is 4.16. The molecule has 1 heterocycles. The molecule has 1 aliphatic heterocycles. The molecule has 2 aliphatic rings. The lowest BCUT2D eigenvalue weighted by Crippen LogP contribution is -2.31. The summed E-state index contributed by atoms with van der Waals surface area (Å²) in [5.41, 5.74) is -6.18. The molecule has 7 nitrogen and oxygen atoms in total. The van der Waals surface area contributed by atoms with E-state index in [1.165, 1.54) is 0 Å². The average molecular weight is 393 g/mol. The van der Waals surface area contributed by atoms with Gasteiger partial charge in [0.15, 0.2) is 0 Å². The quantitative estimate of drug-likeness (QED) is 0.611. The van der Waals surface area contributed by atoms with Crippen LogP contribution in [0.3, 0.4) is 0 Å². The minimum Gasteiger partial charge on any atom is -0.375 e. The van der Waals surface area contributed by atoms with Crippen LogP contribution in [0, 0.1) is 10.1 Å². The third-order valence-corrected chi connectivity index (χ3v) is 6.26. The number of sulfone groups is 1. The predicted molar refractivity (Wildman–Crippen MR) is 87.6 cm³/mol. The fourth-order valence-electron chi connectivity index (χ4n) is 3.38. The number of hydrogen-bond donors (Lipinski definition) is 1. The van der Waals surface area contributed by atoms with Crippen molar-refractivity contribution in [2.75, 3.05) is 11.9 Å². The standard InChI is InChI=1S/C15H18F3N3O4S/c1-9-6-10(8-20(9)11-2-3-11)19-13-5-4-12(7-14(13)21(22)23)26(24,25)15(16,17)18/h4-5,7,9-11,19H,2-3,6,8H2,1H3. The van der Waals surface area contributed by atoms with Crippen LogP contribution in [0.25, 0.3) is 0 Å². The normalized spacial score (nSPS) is 24.6. The van der Waals surface area contributed by atoms with Crippen LogP contribution in [0.4, 0.5) is 24.5 Å². The topological polar surface area (TPSA) is 92.5 Å². The van der Waals surface area contributed by atoms with Gasteiger partial charge in [-0.15, -0.1) is 0 Å². The van der Waals surface area contributed by atoms with Crippen molar-refractivity contribution in [2.45, 2.75) is 54.7 Å². The molecule has 144 valence electrons. The van der Waals surface area contributed by atoms with Crippen molar-refractivity contribution in [3.05, 3.63) is 28.3 Å². The van der Waals surface area contributed by atoms with Crippen molar-refractivity contribution in [1.82, 2.24) is 4.90 Å². The lowest BCUT2D eigenvalue weighted by Gasteiger charge is -2.20. The van der Waals surface area contributed by atoms with Crippen LogP contribution < -0.4 is 5.32 Å². The number of nitrogens with one attached hydrogen (secondary N) is 1. The van der Waals surface area contributed by atoms with Crippen LogP contribution >= 0.6 is 0 Å². The highest BCUT2D eigenvalue weighted by Crippen LogP contribution is 2.37. The predicted octanol–water partition coefficient (Wildman–Crippen LogP) is 2.93. The van der Waals surface area contributed by atoms with Crippen molar-refractivity contribution in [2.24, 2.45) is 0 Å². The molecule has 1 N–H and O–H groups in total. The molecule has 3 rings (SSSR count). The molecule has 0 aromatic heterocycles. The Labute approximate surface area is 148 Å². The zero-order valence-corrected chi connectivity index (χ0v) is 14.7. The maximum Gasteiger partial charge on any atom is 0.501 e. The highest BCUT2D eigenvalue weighted by molar-refractivity contribution is 7.92. The van der Waals surface area contributed by atoms with E-state index in [1.807, 2.05) is 0 Å². The van der Waals surface area contributed by atoms with E-state index < -0.39 is 30.9 Å². The smallest absolute Gasteiger partial charge is 0.375 e. The molecular weight excluding hydrogens is 375 g/mol. The minimum absolute atomic E-state index is 0.0194. The molecule has 1 aromatic rings. The van der Waals surface area contributed by atoms with E-state index in [0.29, 0.717) is 24.7 Å². The van der Waals surface area contributed by atoms with Gasteiger partial charge in [0.05, 0.1) is 9.82 Å². The molecule has 26 heavy (non-hydrogen) atoms. The summed E-state index contributed by atoms with van der Waals surface area (Å²) in [6, 6.07) is 2.99. The summed E-state index contributed by atoms with van der Waals surface area (Å²) in [6.07, 6.45) is 3.00. The summed E-state index contributed by atoms with van der Waals surface area (Å²) in [5.74, 6) is 0. The summed E-state index contributed by atoms with van der Waals surface area (Å²) < 4.78 is 61.0. The number of anilines is 1. The minimum atomic E-state index is -5.64. The van der Waals surface area contributed by atoms with Gasteiger partial charge in [-0.25, -0.2) is 8.42 Å². The van der Waals surface area contributed by atoms with E-state index in [1.54, 1.807) is 0 Å². The average Bonchev–Trinajstić information content (AvgIpc) is 3.30. The first-order valence-electron chi connectivity index (χ1n) is 8.13. The van der Waals surface area contributed by atoms with E-state index in [-0.39, 0.29) is 11.7 Å². The Hall–Kier alpha value is -1.88.